The Labute approximate surface area is 127 Å². The number of alkyl halides is 1. The molecule has 3 heterocycles. The number of nitrogens with zero attached hydrogens (tertiary/aromatic N) is 4. The third-order valence-electron chi connectivity index (χ3n) is 5.30. The van der Waals surface area contributed by atoms with Gasteiger partial charge in [0, 0.05) is 19.3 Å². The Morgan fingerprint density at radius 2 is 1.91 bits per heavy atom. The highest BCUT2D eigenvalue weighted by atomic mass is 18.2. The van der Waals surface area contributed by atoms with Crippen molar-refractivity contribution in [2.24, 2.45) is 17.8 Å². The Morgan fingerprint density at radius 1 is 1.09 bits per heavy atom. The molecule has 0 N–H and O–H groups in total. The molecule has 5 heteroatoms. The van der Waals surface area contributed by atoms with Gasteiger partial charge in [0.05, 0.1) is 17.7 Å². The smallest absolute Gasteiger partial charge is 0.236 e. The molecule has 3 atom stereocenters. The molecular formula is C17H17FN4. The molecule has 1 saturated carbocycles. The van der Waals surface area contributed by atoms with E-state index in [-0.39, 0.29) is 6.67 Å². The molecule has 2 aliphatic rings. The summed E-state index contributed by atoms with van der Waals surface area (Å²) < 4.78 is 14.5. The molecule has 2 fully saturated rings. The minimum Gasteiger partial charge on any atom is -0.356 e. The van der Waals surface area contributed by atoms with Crippen molar-refractivity contribution in [3.63, 3.8) is 0 Å². The molecule has 0 amide bonds. The monoisotopic (exact) mass is 295 g/mol. The predicted molar refractivity (Wildman–Crippen MR) is 83.8 cm³/mol. The fourth-order valence-electron chi connectivity index (χ4n) is 4.11. The van der Waals surface area contributed by atoms with Crippen LogP contribution < -0.4 is 4.90 Å². The molecule has 1 saturated heterocycles. The number of anilines is 1. The van der Waals surface area contributed by atoms with E-state index in [1.165, 1.54) is 0 Å². The van der Waals surface area contributed by atoms with Crippen LogP contribution in [0, 0.1) is 17.8 Å². The zero-order valence-electron chi connectivity index (χ0n) is 12.2. The lowest BCUT2D eigenvalue weighted by Gasteiger charge is -2.20. The standard InChI is InChI=1S/C17H17FN4/c18-7-5-11-12-9-21(10-13(11)12)16-6-8-22-15-4-2-1-3-14(15)19-17(22)20-16/h1-4,6,8,11-13H,5,7,9-10H2/t11-,12-,13+/i18-1. The van der Waals surface area contributed by atoms with Crippen molar-refractivity contribution >= 4 is 22.6 Å². The third kappa shape index (κ3) is 1.68. The first-order valence-corrected chi connectivity index (χ1v) is 7.90. The Balaban J connectivity index is 1.46. The molecule has 1 aliphatic carbocycles. The van der Waals surface area contributed by atoms with Gasteiger partial charge in [-0.25, -0.2) is 4.98 Å². The topological polar surface area (TPSA) is 33.4 Å². The van der Waals surface area contributed by atoms with Gasteiger partial charge in [-0.05, 0) is 42.4 Å². The van der Waals surface area contributed by atoms with Gasteiger partial charge in [-0.15, -0.1) is 0 Å². The van der Waals surface area contributed by atoms with E-state index in [2.05, 4.69) is 28.2 Å². The van der Waals surface area contributed by atoms with Crippen molar-refractivity contribution in [2.75, 3.05) is 24.7 Å². The fourth-order valence-corrected chi connectivity index (χ4v) is 4.11. The Hall–Kier alpha value is -2.17. The van der Waals surface area contributed by atoms with Gasteiger partial charge in [0.25, 0.3) is 0 Å². The van der Waals surface area contributed by atoms with E-state index in [1.54, 1.807) is 0 Å². The zero-order valence-corrected chi connectivity index (χ0v) is 12.2. The highest BCUT2D eigenvalue weighted by Gasteiger charge is 2.55. The van der Waals surface area contributed by atoms with Crippen LogP contribution in [0.25, 0.3) is 16.8 Å². The first kappa shape index (κ1) is 12.4. The normalized spacial score (nSPS) is 26.8. The van der Waals surface area contributed by atoms with Crippen LogP contribution in [0.3, 0.4) is 0 Å². The molecule has 2 aromatic heterocycles. The zero-order chi connectivity index (χ0) is 14.7. The molecule has 0 spiro atoms. The average Bonchev–Trinajstić information content (AvgIpc) is 2.93. The fraction of sp³-hybridized carbons (Fsp3) is 0.412. The molecule has 0 bridgehead atoms. The highest BCUT2D eigenvalue weighted by Crippen LogP contribution is 2.54. The summed E-state index contributed by atoms with van der Waals surface area (Å²) in [6, 6.07) is 10.1. The summed E-state index contributed by atoms with van der Waals surface area (Å²) in [7, 11) is 0. The Morgan fingerprint density at radius 3 is 2.73 bits per heavy atom. The SMILES string of the molecule is [18F]CC[C@@H]1[C@H]2CN(c3ccn4c(n3)nc3ccccc34)C[C@@H]12. The van der Waals surface area contributed by atoms with Crippen LogP contribution in [0.1, 0.15) is 6.42 Å². The molecule has 0 unspecified atom stereocenters. The van der Waals surface area contributed by atoms with Crippen LogP contribution in [0.15, 0.2) is 36.5 Å². The van der Waals surface area contributed by atoms with Crippen LogP contribution in [-0.2, 0) is 0 Å². The minimum atomic E-state index is -0.178. The number of aromatic nitrogens is 3. The molecule has 5 rings (SSSR count). The number of para-hydroxylation sites is 2. The summed E-state index contributed by atoms with van der Waals surface area (Å²) in [4.78, 5) is 11.6. The number of benzene rings is 1. The Bertz CT molecular complexity index is 846. The van der Waals surface area contributed by atoms with E-state index in [0.717, 1.165) is 42.1 Å². The number of hydrogen-bond acceptors (Lipinski definition) is 3. The molecule has 22 heavy (non-hydrogen) atoms. The first-order chi connectivity index (χ1) is 10.8. The van der Waals surface area contributed by atoms with Gasteiger partial charge < -0.3 is 4.90 Å². The molecular weight excluding hydrogens is 278 g/mol. The van der Waals surface area contributed by atoms with Gasteiger partial charge in [-0.2, -0.15) is 4.98 Å². The maximum absolute atomic E-state index is 12.4. The third-order valence-corrected chi connectivity index (χ3v) is 5.30. The number of fused-ring (bicyclic) bond motifs is 4. The maximum Gasteiger partial charge on any atom is 0.236 e. The van der Waals surface area contributed by atoms with E-state index >= 15 is 0 Å². The number of piperidine rings is 1. The van der Waals surface area contributed by atoms with Crippen LogP contribution in [0.2, 0.25) is 0 Å². The summed E-state index contributed by atoms with van der Waals surface area (Å²) in [6.07, 6.45) is 2.79. The van der Waals surface area contributed by atoms with Gasteiger partial charge in [0.15, 0.2) is 0 Å². The summed E-state index contributed by atoms with van der Waals surface area (Å²) in [5, 5.41) is 0. The number of halogens is 1. The van der Waals surface area contributed by atoms with Gasteiger partial charge in [0.2, 0.25) is 5.78 Å². The number of hydrogen-bond donors (Lipinski definition) is 0. The highest BCUT2D eigenvalue weighted by molar-refractivity contribution is 5.79. The van der Waals surface area contributed by atoms with Crippen LogP contribution in [-0.4, -0.2) is 34.1 Å². The summed E-state index contributed by atoms with van der Waals surface area (Å²) in [5.74, 6) is 3.70. The van der Waals surface area contributed by atoms with Crippen LogP contribution in [0.4, 0.5) is 10.2 Å². The van der Waals surface area contributed by atoms with E-state index in [1.807, 2.05) is 22.6 Å². The van der Waals surface area contributed by atoms with Gasteiger partial charge in [0.1, 0.15) is 5.82 Å². The number of imidazole rings is 1. The second-order valence-electron chi connectivity index (χ2n) is 6.43. The lowest BCUT2D eigenvalue weighted by atomic mass is 10.2. The van der Waals surface area contributed by atoms with E-state index in [9.17, 15) is 4.39 Å². The van der Waals surface area contributed by atoms with Crippen molar-refractivity contribution in [2.45, 2.75) is 6.42 Å². The number of rotatable bonds is 3. The van der Waals surface area contributed by atoms with Crippen molar-refractivity contribution in [1.29, 1.82) is 0 Å². The first-order valence-electron chi connectivity index (χ1n) is 7.90. The van der Waals surface area contributed by atoms with Crippen LogP contribution in [0.5, 0.6) is 0 Å². The molecule has 1 aromatic carbocycles. The molecule has 4 nitrogen and oxygen atoms in total. The second kappa shape index (κ2) is 4.41. The quantitative estimate of drug-likeness (QED) is 0.745. The average molecular weight is 295 g/mol. The second-order valence-corrected chi connectivity index (χ2v) is 6.43. The van der Waals surface area contributed by atoms with E-state index < -0.39 is 0 Å². The van der Waals surface area contributed by atoms with Crippen LogP contribution >= 0.6 is 0 Å². The van der Waals surface area contributed by atoms with Gasteiger partial charge in [-0.1, -0.05) is 12.1 Å². The van der Waals surface area contributed by atoms with E-state index in [4.69, 9.17) is 4.98 Å². The molecule has 0 radical (unpaired) electrons. The lowest BCUT2D eigenvalue weighted by Crippen LogP contribution is -2.25. The van der Waals surface area contributed by atoms with Crippen molar-refractivity contribution in [3.8, 4) is 0 Å². The maximum atomic E-state index is 12.4. The predicted octanol–water partition coefficient (Wildman–Crippen LogP) is 2.92. The van der Waals surface area contributed by atoms with Gasteiger partial charge >= 0.3 is 0 Å². The van der Waals surface area contributed by atoms with Gasteiger partial charge in [-0.3, -0.25) is 8.79 Å². The summed E-state index contributed by atoms with van der Waals surface area (Å²) in [5.41, 5.74) is 2.06. The molecule has 1 aliphatic heterocycles. The molecule has 3 aromatic rings. The largest absolute Gasteiger partial charge is 0.356 e. The molecule has 112 valence electrons. The van der Waals surface area contributed by atoms with E-state index in [0.29, 0.717) is 17.8 Å². The summed E-state index contributed by atoms with van der Waals surface area (Å²) >= 11 is 0. The van der Waals surface area contributed by atoms with Crippen molar-refractivity contribution < 1.29 is 4.39 Å². The Kier molecular flexibility index (Phi) is 2.48. The lowest BCUT2D eigenvalue weighted by molar-refractivity contribution is 0.431. The van der Waals surface area contributed by atoms with Crippen molar-refractivity contribution in [1.82, 2.24) is 14.4 Å². The van der Waals surface area contributed by atoms with Crippen molar-refractivity contribution in [3.05, 3.63) is 36.5 Å². The minimum absolute atomic E-state index is 0.178. The summed E-state index contributed by atoms with van der Waals surface area (Å²) in [6.45, 7) is 1.85.